The van der Waals surface area contributed by atoms with E-state index in [-0.39, 0.29) is 0 Å². The third-order valence-electron chi connectivity index (χ3n) is 2.51. The van der Waals surface area contributed by atoms with E-state index in [0.29, 0.717) is 22.7 Å². The molecule has 0 saturated heterocycles. The second-order valence-electron chi connectivity index (χ2n) is 3.97. The maximum atomic E-state index is 13.6. The molecule has 0 radical (unpaired) electrons. The maximum absolute atomic E-state index is 13.6. The van der Waals surface area contributed by atoms with Crippen LogP contribution in [0.4, 0.5) is 26.3 Å². The third kappa shape index (κ3) is 3.24. The van der Waals surface area contributed by atoms with Gasteiger partial charge < -0.3 is 4.74 Å². The number of rotatable bonds is 6. The van der Waals surface area contributed by atoms with Crippen LogP contribution in [-0.4, -0.2) is 12.7 Å². The summed E-state index contributed by atoms with van der Waals surface area (Å²) in [5.41, 5.74) is 0. The second kappa shape index (κ2) is 5.98. The minimum Gasteiger partial charge on any atom is -0.303 e. The predicted octanol–water partition coefficient (Wildman–Crippen LogP) is 5.30. The van der Waals surface area contributed by atoms with Crippen LogP contribution in [0, 0.1) is 0 Å². The molecule has 0 aromatic carbocycles. The van der Waals surface area contributed by atoms with Gasteiger partial charge in [0.25, 0.3) is 12.7 Å². The Morgan fingerprint density at radius 3 is 1.48 bits per heavy atom. The molecule has 2 rings (SSSR count). The number of ether oxygens (including phenoxy) is 1. The predicted molar refractivity (Wildman–Crippen MR) is 67.3 cm³/mol. The first-order valence-electron chi connectivity index (χ1n) is 5.53. The fourth-order valence-corrected chi connectivity index (χ4v) is 2.86. The third-order valence-corrected chi connectivity index (χ3v) is 4.42. The molecule has 2 heterocycles. The van der Waals surface area contributed by atoms with E-state index in [0.717, 1.165) is 12.1 Å². The van der Waals surface area contributed by atoms with Crippen molar-refractivity contribution in [3.05, 3.63) is 44.8 Å². The normalized spacial score (nSPS) is 15.9. The Bertz CT molecular complexity index is 504. The van der Waals surface area contributed by atoms with Gasteiger partial charge in [-0.15, -0.1) is 22.7 Å². The van der Waals surface area contributed by atoms with Crippen LogP contribution in [-0.2, 0) is 16.6 Å². The molecule has 0 aliphatic carbocycles. The first-order chi connectivity index (χ1) is 9.76. The lowest BCUT2D eigenvalue weighted by Crippen LogP contribution is -2.37. The molecule has 0 aliphatic rings. The van der Waals surface area contributed by atoms with E-state index in [2.05, 4.69) is 4.74 Å². The van der Waals surface area contributed by atoms with Gasteiger partial charge >= 0.3 is 11.8 Å². The molecule has 9 heteroatoms. The summed E-state index contributed by atoms with van der Waals surface area (Å²) in [7, 11) is 0. The zero-order valence-electron chi connectivity index (χ0n) is 10.1. The monoisotopic (exact) mass is 346 g/mol. The van der Waals surface area contributed by atoms with Crippen LogP contribution in [0.5, 0.6) is 0 Å². The van der Waals surface area contributed by atoms with Crippen molar-refractivity contribution in [2.24, 2.45) is 0 Å². The molecule has 0 bridgehead atoms. The van der Waals surface area contributed by atoms with Crippen molar-refractivity contribution >= 4 is 22.7 Å². The van der Waals surface area contributed by atoms with Gasteiger partial charge in [-0.3, -0.25) is 0 Å². The highest BCUT2D eigenvalue weighted by molar-refractivity contribution is 7.10. The van der Waals surface area contributed by atoms with Gasteiger partial charge in [-0.1, -0.05) is 12.1 Å². The van der Waals surface area contributed by atoms with Gasteiger partial charge in [-0.25, -0.2) is 8.78 Å². The number of hydrogen-bond acceptors (Lipinski definition) is 3. The summed E-state index contributed by atoms with van der Waals surface area (Å²) >= 11 is 1.03. The molecule has 0 fully saturated rings. The summed E-state index contributed by atoms with van der Waals surface area (Å²) in [5.74, 6) is -8.41. The zero-order chi connectivity index (χ0) is 15.7. The smallest absolute Gasteiger partial charge is 0.303 e. The van der Waals surface area contributed by atoms with E-state index < -0.39 is 34.3 Å². The highest BCUT2D eigenvalue weighted by Gasteiger charge is 2.51. The first kappa shape index (κ1) is 16.3. The molecule has 2 aromatic rings. The van der Waals surface area contributed by atoms with Crippen molar-refractivity contribution in [2.45, 2.75) is 24.6 Å². The summed E-state index contributed by atoms with van der Waals surface area (Å²) in [4.78, 5) is -1.47. The largest absolute Gasteiger partial charge is 0.336 e. The standard InChI is InChI=1S/C12H8F6OS2/c13-9(11(15,16)7-3-1-5-20-7)19-10(14)12(17,18)8-4-2-6-21-8/h1-6,9-10H/t9-,10+. The van der Waals surface area contributed by atoms with Crippen molar-refractivity contribution in [1.29, 1.82) is 0 Å². The minimum atomic E-state index is -4.20. The lowest BCUT2D eigenvalue weighted by atomic mass is 10.2. The van der Waals surface area contributed by atoms with Crippen LogP contribution in [0.25, 0.3) is 0 Å². The lowest BCUT2D eigenvalue weighted by molar-refractivity contribution is -0.293. The van der Waals surface area contributed by atoms with E-state index in [1.807, 2.05) is 0 Å². The molecule has 0 spiro atoms. The molecule has 0 saturated carbocycles. The second-order valence-corrected chi connectivity index (χ2v) is 5.86. The van der Waals surface area contributed by atoms with E-state index in [1.54, 1.807) is 0 Å². The van der Waals surface area contributed by atoms with Gasteiger partial charge in [0, 0.05) is 0 Å². The molecular formula is C12H8F6OS2. The molecule has 0 aliphatic heterocycles. The fourth-order valence-electron chi connectivity index (χ4n) is 1.44. The van der Waals surface area contributed by atoms with Crippen LogP contribution >= 0.6 is 22.7 Å². The number of alkyl halides is 6. The Kier molecular flexibility index (Phi) is 4.64. The summed E-state index contributed by atoms with van der Waals surface area (Å²) < 4.78 is 84.8. The SMILES string of the molecule is F[C@H](O[C@H](F)C(F)(F)c1cccs1)C(F)(F)c1cccs1. The van der Waals surface area contributed by atoms with E-state index >= 15 is 0 Å². The van der Waals surface area contributed by atoms with Crippen molar-refractivity contribution in [3.63, 3.8) is 0 Å². The molecule has 0 N–H and O–H groups in total. The van der Waals surface area contributed by atoms with Crippen LogP contribution in [0.2, 0.25) is 0 Å². The van der Waals surface area contributed by atoms with E-state index in [9.17, 15) is 26.3 Å². The summed E-state index contributed by atoms with van der Waals surface area (Å²) in [6.07, 6.45) is -7.03. The molecule has 0 unspecified atom stereocenters. The molecule has 21 heavy (non-hydrogen) atoms. The topological polar surface area (TPSA) is 9.23 Å². The summed E-state index contributed by atoms with van der Waals surface area (Å²) in [5, 5.41) is 2.51. The average molecular weight is 346 g/mol. The number of thiophene rings is 2. The fraction of sp³-hybridized carbons (Fsp3) is 0.333. The molecule has 2 aromatic heterocycles. The Morgan fingerprint density at radius 1 is 0.810 bits per heavy atom. The van der Waals surface area contributed by atoms with Crippen molar-refractivity contribution < 1.29 is 31.1 Å². The Morgan fingerprint density at radius 2 is 1.19 bits per heavy atom. The van der Waals surface area contributed by atoms with Crippen molar-refractivity contribution in [3.8, 4) is 0 Å². The quantitative estimate of drug-likeness (QED) is 0.645. The highest BCUT2D eigenvalue weighted by Crippen LogP contribution is 2.42. The Balaban J connectivity index is 2.10. The molecular weight excluding hydrogens is 338 g/mol. The molecule has 0 amide bonds. The molecule has 2 atom stereocenters. The van der Waals surface area contributed by atoms with Crippen LogP contribution in [0.15, 0.2) is 35.0 Å². The van der Waals surface area contributed by atoms with Crippen LogP contribution in [0.1, 0.15) is 9.75 Å². The highest BCUT2D eigenvalue weighted by atomic mass is 32.1. The lowest BCUT2D eigenvalue weighted by Gasteiger charge is -2.25. The van der Waals surface area contributed by atoms with Gasteiger partial charge in [0.1, 0.15) is 0 Å². The van der Waals surface area contributed by atoms with Crippen LogP contribution < -0.4 is 0 Å². The Labute approximate surface area is 123 Å². The van der Waals surface area contributed by atoms with Gasteiger partial charge in [-0.05, 0) is 22.9 Å². The summed E-state index contributed by atoms with van der Waals surface area (Å²) in [6.45, 7) is 0. The van der Waals surface area contributed by atoms with Gasteiger partial charge in [-0.2, -0.15) is 17.6 Å². The number of halogens is 6. The number of hydrogen-bond donors (Lipinski definition) is 0. The summed E-state index contributed by atoms with van der Waals surface area (Å²) in [6, 6.07) is 4.28. The maximum Gasteiger partial charge on any atom is 0.336 e. The minimum absolute atomic E-state index is 0.513. The molecule has 116 valence electrons. The van der Waals surface area contributed by atoms with Gasteiger partial charge in [0.05, 0.1) is 9.75 Å². The zero-order valence-corrected chi connectivity index (χ0v) is 11.7. The average Bonchev–Trinajstić information content (AvgIpc) is 3.11. The van der Waals surface area contributed by atoms with Gasteiger partial charge in [0.2, 0.25) is 0 Å². The van der Waals surface area contributed by atoms with E-state index in [1.165, 1.54) is 22.9 Å². The molecule has 1 nitrogen and oxygen atoms in total. The van der Waals surface area contributed by atoms with Gasteiger partial charge in [0.15, 0.2) is 0 Å². The Hall–Kier alpha value is -1.06. The van der Waals surface area contributed by atoms with Crippen molar-refractivity contribution in [1.82, 2.24) is 0 Å². The van der Waals surface area contributed by atoms with E-state index in [4.69, 9.17) is 0 Å². The van der Waals surface area contributed by atoms with Crippen LogP contribution in [0.3, 0.4) is 0 Å². The first-order valence-corrected chi connectivity index (χ1v) is 7.29. The van der Waals surface area contributed by atoms with Crippen molar-refractivity contribution in [2.75, 3.05) is 0 Å².